The number of Topliss-reactive ketones (excluding diaryl/α,β-unsaturated/α-hetero) is 1. The highest BCUT2D eigenvalue weighted by Crippen LogP contribution is 2.40. The molecular weight excluding hydrogens is 384 g/mol. The molecule has 2 aliphatic carbocycles. The van der Waals surface area contributed by atoms with Gasteiger partial charge in [0.25, 0.3) is 0 Å². The van der Waals surface area contributed by atoms with E-state index in [2.05, 4.69) is 13.0 Å². The molecule has 0 saturated carbocycles. The van der Waals surface area contributed by atoms with Crippen LogP contribution in [0.3, 0.4) is 0 Å². The summed E-state index contributed by atoms with van der Waals surface area (Å²) in [4.78, 5) is 12.8. The lowest BCUT2D eigenvalue weighted by Gasteiger charge is -2.16. The zero-order valence-corrected chi connectivity index (χ0v) is 18.4. The van der Waals surface area contributed by atoms with Gasteiger partial charge in [0, 0.05) is 17.1 Å². The molecule has 0 amide bonds. The lowest BCUT2D eigenvalue weighted by atomic mass is 9.90. The van der Waals surface area contributed by atoms with Crippen molar-refractivity contribution in [2.75, 3.05) is 0 Å². The Hall–Kier alpha value is -1.85. The molecule has 4 rings (SSSR count). The Morgan fingerprint density at radius 3 is 2.72 bits per heavy atom. The molecule has 0 bridgehead atoms. The molecule has 1 aromatic heterocycles. The van der Waals surface area contributed by atoms with E-state index < -0.39 is 16.0 Å². The number of aryl methyl sites for hydroxylation is 2. The van der Waals surface area contributed by atoms with Crippen LogP contribution in [0.5, 0.6) is 0 Å². The van der Waals surface area contributed by atoms with Crippen molar-refractivity contribution in [2.45, 2.75) is 82.8 Å². The third kappa shape index (κ3) is 3.82. The summed E-state index contributed by atoms with van der Waals surface area (Å²) in [6, 6.07) is 3.96. The molecule has 0 spiro atoms. The summed E-state index contributed by atoms with van der Waals surface area (Å²) >= 11 is 0. The molecule has 0 aliphatic heterocycles. The van der Waals surface area contributed by atoms with Crippen LogP contribution in [0.1, 0.15) is 78.7 Å². The number of ketones is 1. The van der Waals surface area contributed by atoms with Gasteiger partial charge in [-0.25, -0.2) is 10.4 Å². The monoisotopic (exact) mass is 413 g/mol. The summed E-state index contributed by atoms with van der Waals surface area (Å²) in [5.74, 6) is 0.938. The standard InChI is InChI=1S/C24H29O4S/c1-14-8-9-19-20(14)10-16-6-5-7-18(16)21(19)11-17(25)13-29(27)23-12-22(15(2)28-23)24(3,4)26/h10,12-14,26H,5-9,11H2,1-4H3/q-1. The quantitative estimate of drug-likeness (QED) is 0.586. The lowest BCUT2D eigenvalue weighted by Crippen LogP contribution is -2.15. The first kappa shape index (κ1) is 20.4. The van der Waals surface area contributed by atoms with Crippen LogP contribution in [0.15, 0.2) is 21.6 Å². The number of furan rings is 1. The summed E-state index contributed by atoms with van der Waals surface area (Å²) in [5.41, 5.74) is 6.21. The average molecular weight is 414 g/mol. The number of carbonyl (C=O) groups is 1. The number of aliphatic hydroxyl groups is 1. The van der Waals surface area contributed by atoms with Crippen molar-refractivity contribution >= 4 is 21.5 Å². The molecule has 1 atom stereocenters. The first-order valence-electron chi connectivity index (χ1n) is 10.4. The second-order valence-corrected chi connectivity index (χ2v) is 10.2. The molecule has 5 heteroatoms. The average Bonchev–Trinajstić information content (AvgIpc) is 3.33. The van der Waals surface area contributed by atoms with E-state index >= 15 is 0 Å². The molecule has 1 aromatic carbocycles. The molecular formula is C24H29O4S-. The van der Waals surface area contributed by atoms with E-state index in [1.54, 1.807) is 26.8 Å². The van der Waals surface area contributed by atoms with Gasteiger partial charge in [-0.2, -0.15) is 0 Å². The van der Waals surface area contributed by atoms with Gasteiger partial charge in [-0.05, 0) is 92.7 Å². The van der Waals surface area contributed by atoms with E-state index in [9.17, 15) is 14.1 Å². The van der Waals surface area contributed by atoms with Gasteiger partial charge >= 0.3 is 0 Å². The summed E-state index contributed by atoms with van der Waals surface area (Å²) < 4.78 is 18.3. The molecule has 29 heavy (non-hydrogen) atoms. The molecule has 156 valence electrons. The predicted molar refractivity (Wildman–Crippen MR) is 115 cm³/mol. The summed E-state index contributed by atoms with van der Waals surface area (Å²) in [6.07, 6.45) is 5.76. The fraction of sp³-hybridized carbons (Fsp3) is 0.500. The number of hydrogen-bond donors (Lipinski definition) is 1. The van der Waals surface area contributed by atoms with Crippen molar-refractivity contribution in [3.05, 3.63) is 51.3 Å². The molecule has 0 radical (unpaired) electrons. The van der Waals surface area contributed by atoms with Gasteiger partial charge in [0.15, 0.2) is 0 Å². The fourth-order valence-electron chi connectivity index (χ4n) is 4.92. The van der Waals surface area contributed by atoms with Gasteiger partial charge < -0.3 is 13.7 Å². The minimum Gasteiger partial charge on any atom is -0.486 e. The van der Waals surface area contributed by atoms with Crippen molar-refractivity contribution in [1.29, 1.82) is 0 Å². The zero-order chi connectivity index (χ0) is 20.9. The Morgan fingerprint density at radius 1 is 1.28 bits per heavy atom. The molecule has 0 fully saturated rings. The van der Waals surface area contributed by atoms with Gasteiger partial charge in [-0.1, -0.05) is 13.0 Å². The molecule has 1 N–H and O–H groups in total. The van der Waals surface area contributed by atoms with Crippen LogP contribution in [0.25, 0.3) is 0 Å². The number of fused-ring (bicyclic) bond motifs is 2. The number of hydrogen-bond acceptors (Lipinski definition) is 5. The summed E-state index contributed by atoms with van der Waals surface area (Å²) in [5, 5.41) is 11.7. The predicted octanol–water partition coefficient (Wildman–Crippen LogP) is 4.29. The molecule has 2 aromatic rings. The largest absolute Gasteiger partial charge is 0.486 e. The van der Waals surface area contributed by atoms with E-state index in [-0.39, 0.29) is 10.9 Å². The second kappa shape index (κ2) is 7.44. The molecule has 1 heterocycles. The van der Waals surface area contributed by atoms with Crippen LogP contribution in [-0.2, 0) is 50.7 Å². The third-order valence-corrected chi connectivity index (χ3v) is 7.44. The van der Waals surface area contributed by atoms with Crippen LogP contribution in [0.2, 0.25) is 0 Å². The van der Waals surface area contributed by atoms with Crippen molar-refractivity contribution in [1.82, 2.24) is 0 Å². The fourth-order valence-corrected chi connectivity index (χ4v) is 5.80. The first-order chi connectivity index (χ1) is 13.6. The second-order valence-electron chi connectivity index (χ2n) is 9.01. The van der Waals surface area contributed by atoms with E-state index in [0.717, 1.165) is 32.1 Å². The van der Waals surface area contributed by atoms with Crippen LogP contribution in [-0.4, -0.2) is 16.3 Å². The van der Waals surface area contributed by atoms with Gasteiger partial charge in [0.2, 0.25) is 0 Å². The van der Waals surface area contributed by atoms with Crippen LogP contribution < -0.4 is 0 Å². The van der Waals surface area contributed by atoms with Crippen LogP contribution >= 0.6 is 0 Å². The number of rotatable bonds is 5. The van der Waals surface area contributed by atoms with Crippen molar-refractivity contribution < 1.29 is 18.5 Å². The Bertz CT molecular complexity index is 1060. The Morgan fingerprint density at radius 2 is 2.03 bits per heavy atom. The molecule has 2 aliphatic rings. The first-order valence-corrected chi connectivity index (χ1v) is 11.6. The zero-order valence-electron chi connectivity index (χ0n) is 17.6. The molecule has 4 nitrogen and oxygen atoms in total. The number of benzene rings is 1. The Balaban J connectivity index is 1.63. The van der Waals surface area contributed by atoms with Crippen molar-refractivity contribution in [3.8, 4) is 0 Å². The summed E-state index contributed by atoms with van der Waals surface area (Å²) in [7, 11) is -1.67. The van der Waals surface area contributed by atoms with Gasteiger partial charge in [-0.3, -0.25) is 4.79 Å². The maximum absolute atomic E-state index is 12.8. The maximum Gasteiger partial charge on any atom is 0.137 e. The highest BCUT2D eigenvalue weighted by Gasteiger charge is 2.27. The topological polar surface area (TPSA) is 67.5 Å². The lowest BCUT2D eigenvalue weighted by molar-refractivity contribution is -0.111. The van der Waals surface area contributed by atoms with Gasteiger partial charge in [-0.15, -0.1) is 5.37 Å². The van der Waals surface area contributed by atoms with E-state index in [1.165, 1.54) is 33.2 Å². The van der Waals surface area contributed by atoms with Crippen molar-refractivity contribution in [2.24, 2.45) is 0 Å². The Kier molecular flexibility index (Phi) is 5.24. The van der Waals surface area contributed by atoms with Gasteiger partial charge in [0.05, 0.1) is 5.60 Å². The highest BCUT2D eigenvalue weighted by molar-refractivity contribution is 7.84. The smallest absolute Gasteiger partial charge is 0.137 e. The minimum atomic E-state index is -1.67. The van der Waals surface area contributed by atoms with Crippen LogP contribution in [0.4, 0.5) is 0 Å². The molecule has 0 saturated heterocycles. The highest BCUT2D eigenvalue weighted by atomic mass is 32.2. The maximum atomic E-state index is 12.8. The SMILES string of the molecule is Cc1oc(/[S-](=O)=C/C(=O)Cc2c3c(cc4c2CCC4C)CCC3)cc1C(C)(C)O. The minimum absolute atomic E-state index is 0.135. The van der Waals surface area contributed by atoms with Gasteiger partial charge in [0.1, 0.15) is 11.5 Å². The number of carbonyl (C=O) groups excluding carboxylic acids is 1. The molecule has 1 unspecified atom stereocenters. The Labute approximate surface area is 174 Å². The summed E-state index contributed by atoms with van der Waals surface area (Å²) in [6.45, 7) is 7.31. The normalized spacial score (nSPS) is 19.4. The van der Waals surface area contributed by atoms with E-state index in [4.69, 9.17) is 4.42 Å². The third-order valence-electron chi connectivity index (χ3n) is 6.37. The van der Waals surface area contributed by atoms with E-state index in [0.29, 0.717) is 23.7 Å². The van der Waals surface area contributed by atoms with Crippen molar-refractivity contribution in [3.63, 3.8) is 0 Å². The van der Waals surface area contributed by atoms with Crippen LogP contribution in [0, 0.1) is 6.92 Å². The van der Waals surface area contributed by atoms with E-state index in [1.807, 2.05) is 0 Å².